The number of anilines is 1. The van der Waals surface area contributed by atoms with Crippen molar-refractivity contribution in [2.45, 2.75) is 0 Å². The first-order valence-corrected chi connectivity index (χ1v) is 9.47. The number of benzene rings is 2. The number of rotatable bonds is 8. The smallest absolute Gasteiger partial charge is 0.0924 e. The maximum Gasteiger partial charge on any atom is 0.0924 e. The van der Waals surface area contributed by atoms with E-state index in [-0.39, 0.29) is 0 Å². The highest BCUT2D eigenvalue weighted by Gasteiger charge is 2.04. The largest absolute Gasteiger partial charge is 0.369 e. The molecule has 134 valence electrons. The summed E-state index contributed by atoms with van der Waals surface area (Å²) in [5.74, 6) is 1.16. The van der Waals surface area contributed by atoms with Gasteiger partial charge in [-0.2, -0.15) is 0 Å². The lowest BCUT2D eigenvalue weighted by molar-refractivity contribution is 0.874. The number of aliphatic imine (C=N–C) groups is 1. The van der Waals surface area contributed by atoms with Crippen molar-refractivity contribution in [3.8, 4) is 11.3 Å². The minimum Gasteiger partial charge on any atom is -0.369 e. The van der Waals surface area contributed by atoms with Gasteiger partial charge in [0, 0.05) is 36.8 Å². The van der Waals surface area contributed by atoms with Crippen LogP contribution in [0.4, 0.5) is 11.4 Å². The molecule has 0 aliphatic carbocycles. The molecule has 0 unspecified atom stereocenters. The lowest BCUT2D eigenvalue weighted by Crippen LogP contribution is -2.27. The van der Waals surface area contributed by atoms with Crippen molar-refractivity contribution in [3.63, 3.8) is 0 Å². The molecule has 0 spiro atoms. The molecule has 1 heterocycles. The van der Waals surface area contributed by atoms with Crippen LogP contribution >= 0.6 is 23.2 Å². The Labute approximate surface area is 163 Å². The lowest BCUT2D eigenvalue weighted by Gasteiger charge is -2.22. The SMILES string of the molecule is ClCCN(CCCl)c1ccc(C=Nc2ccc(-c3cnc[nH]3)cc2)cc1. The van der Waals surface area contributed by atoms with Crippen LogP contribution in [0.15, 0.2) is 66.0 Å². The van der Waals surface area contributed by atoms with Crippen molar-refractivity contribution in [2.75, 3.05) is 29.7 Å². The molecule has 6 heteroatoms. The third kappa shape index (κ3) is 4.87. The maximum absolute atomic E-state index is 5.86. The van der Waals surface area contributed by atoms with E-state index in [1.54, 1.807) is 12.5 Å². The number of halogens is 2. The Morgan fingerprint density at radius 2 is 1.65 bits per heavy atom. The molecular weight excluding hydrogens is 367 g/mol. The summed E-state index contributed by atoms with van der Waals surface area (Å²) in [4.78, 5) is 13.8. The molecule has 0 atom stereocenters. The number of hydrogen-bond acceptors (Lipinski definition) is 3. The van der Waals surface area contributed by atoms with E-state index in [1.807, 2.05) is 42.6 Å². The molecule has 3 rings (SSSR count). The second-order valence-corrected chi connectivity index (χ2v) is 6.48. The Hall–Kier alpha value is -2.30. The highest BCUT2D eigenvalue weighted by atomic mass is 35.5. The standard InChI is InChI=1S/C20H20Cl2N4/c21-9-11-26(12-10-22)19-7-1-16(2-8-19)13-24-18-5-3-17(4-6-18)20-14-23-15-25-20/h1-8,13-15H,9-12H2,(H,23,25). The molecule has 26 heavy (non-hydrogen) atoms. The van der Waals surface area contributed by atoms with Gasteiger partial charge in [-0.25, -0.2) is 4.98 Å². The summed E-state index contributed by atoms with van der Waals surface area (Å²) in [7, 11) is 0. The van der Waals surface area contributed by atoms with E-state index in [2.05, 4.69) is 32.0 Å². The van der Waals surface area contributed by atoms with Crippen LogP contribution in [-0.4, -0.2) is 41.0 Å². The van der Waals surface area contributed by atoms with Gasteiger partial charge in [0.2, 0.25) is 0 Å². The minimum absolute atomic E-state index is 0.578. The Bertz CT molecular complexity index is 806. The van der Waals surface area contributed by atoms with Crippen molar-refractivity contribution < 1.29 is 0 Å². The summed E-state index contributed by atoms with van der Waals surface area (Å²) >= 11 is 11.7. The van der Waals surface area contributed by atoms with Crippen LogP contribution in [0.1, 0.15) is 5.56 Å². The van der Waals surface area contributed by atoms with Crippen molar-refractivity contribution in [2.24, 2.45) is 4.99 Å². The molecule has 3 aromatic rings. The fraction of sp³-hybridized carbons (Fsp3) is 0.200. The number of H-pyrrole nitrogens is 1. The average Bonchev–Trinajstić information content (AvgIpc) is 3.22. The monoisotopic (exact) mass is 386 g/mol. The van der Waals surface area contributed by atoms with E-state index in [0.29, 0.717) is 11.8 Å². The summed E-state index contributed by atoms with van der Waals surface area (Å²) in [6.45, 7) is 1.56. The molecule has 1 N–H and O–H groups in total. The fourth-order valence-corrected chi connectivity index (χ4v) is 3.04. The molecule has 0 radical (unpaired) electrons. The summed E-state index contributed by atoms with van der Waals surface area (Å²) < 4.78 is 0. The molecule has 2 aromatic carbocycles. The lowest BCUT2D eigenvalue weighted by atomic mass is 10.1. The quantitative estimate of drug-likeness (QED) is 0.431. The van der Waals surface area contributed by atoms with Crippen LogP contribution in [-0.2, 0) is 0 Å². The molecule has 0 saturated carbocycles. The maximum atomic E-state index is 5.86. The second-order valence-electron chi connectivity index (χ2n) is 5.73. The van der Waals surface area contributed by atoms with Gasteiger partial charge in [0.1, 0.15) is 0 Å². The van der Waals surface area contributed by atoms with E-state index in [4.69, 9.17) is 23.2 Å². The van der Waals surface area contributed by atoms with Gasteiger partial charge in [-0.05, 0) is 35.4 Å². The van der Waals surface area contributed by atoms with Gasteiger partial charge < -0.3 is 9.88 Å². The number of aromatic nitrogens is 2. The summed E-state index contributed by atoms with van der Waals surface area (Å²) in [5.41, 5.74) is 5.15. The molecule has 0 saturated heterocycles. The Kier molecular flexibility index (Phi) is 6.69. The number of alkyl halides is 2. The van der Waals surface area contributed by atoms with Gasteiger partial charge in [0.15, 0.2) is 0 Å². The van der Waals surface area contributed by atoms with Crippen molar-refractivity contribution in [1.82, 2.24) is 9.97 Å². The second kappa shape index (κ2) is 9.41. The Balaban J connectivity index is 1.66. The van der Waals surface area contributed by atoms with E-state index in [9.17, 15) is 0 Å². The zero-order chi connectivity index (χ0) is 18.2. The van der Waals surface area contributed by atoms with Gasteiger partial charge in [-0.3, -0.25) is 4.99 Å². The van der Waals surface area contributed by atoms with E-state index in [0.717, 1.165) is 41.3 Å². The van der Waals surface area contributed by atoms with Gasteiger partial charge >= 0.3 is 0 Å². The highest BCUT2D eigenvalue weighted by molar-refractivity contribution is 6.18. The first-order chi connectivity index (χ1) is 12.8. The van der Waals surface area contributed by atoms with Gasteiger partial charge in [-0.15, -0.1) is 23.2 Å². The highest BCUT2D eigenvalue weighted by Crippen LogP contribution is 2.21. The van der Waals surface area contributed by atoms with Crippen LogP contribution in [0.5, 0.6) is 0 Å². The van der Waals surface area contributed by atoms with Crippen LogP contribution in [0, 0.1) is 0 Å². The zero-order valence-electron chi connectivity index (χ0n) is 14.3. The van der Waals surface area contributed by atoms with Crippen molar-refractivity contribution in [1.29, 1.82) is 0 Å². The van der Waals surface area contributed by atoms with E-state index >= 15 is 0 Å². The van der Waals surface area contributed by atoms with Crippen LogP contribution in [0.25, 0.3) is 11.3 Å². The normalized spacial score (nSPS) is 11.2. The number of nitrogens with one attached hydrogen (secondary N) is 1. The average molecular weight is 387 g/mol. The molecule has 1 aromatic heterocycles. The Morgan fingerprint density at radius 3 is 2.23 bits per heavy atom. The number of hydrogen-bond donors (Lipinski definition) is 1. The van der Waals surface area contributed by atoms with Crippen molar-refractivity contribution in [3.05, 3.63) is 66.6 Å². The molecule has 0 aliphatic heterocycles. The zero-order valence-corrected chi connectivity index (χ0v) is 15.8. The van der Waals surface area contributed by atoms with Crippen LogP contribution < -0.4 is 4.90 Å². The summed E-state index contributed by atoms with van der Waals surface area (Å²) in [5, 5.41) is 0. The predicted molar refractivity (Wildman–Crippen MR) is 111 cm³/mol. The predicted octanol–water partition coefficient (Wildman–Crippen LogP) is 5.11. The molecule has 0 aliphatic rings. The van der Waals surface area contributed by atoms with E-state index < -0.39 is 0 Å². The molecule has 0 bridgehead atoms. The van der Waals surface area contributed by atoms with Gasteiger partial charge in [-0.1, -0.05) is 24.3 Å². The third-order valence-electron chi connectivity index (χ3n) is 4.01. The fourth-order valence-electron chi connectivity index (χ4n) is 2.64. The van der Waals surface area contributed by atoms with E-state index in [1.165, 1.54) is 0 Å². The van der Waals surface area contributed by atoms with Crippen LogP contribution in [0.2, 0.25) is 0 Å². The number of imidazole rings is 1. The van der Waals surface area contributed by atoms with Crippen molar-refractivity contribution >= 4 is 40.8 Å². The molecule has 4 nitrogen and oxygen atoms in total. The Morgan fingerprint density at radius 1 is 0.962 bits per heavy atom. The number of aromatic amines is 1. The topological polar surface area (TPSA) is 44.3 Å². The molecule has 0 fully saturated rings. The van der Waals surface area contributed by atoms with Gasteiger partial charge in [0.25, 0.3) is 0 Å². The first kappa shape index (κ1) is 18.5. The first-order valence-electron chi connectivity index (χ1n) is 8.40. The molecular formula is C20H20Cl2N4. The minimum atomic E-state index is 0.578. The summed E-state index contributed by atoms with van der Waals surface area (Å²) in [6.07, 6.45) is 5.34. The third-order valence-corrected chi connectivity index (χ3v) is 4.34. The molecule has 0 amide bonds. The van der Waals surface area contributed by atoms with Crippen LogP contribution in [0.3, 0.4) is 0 Å². The number of nitrogens with zero attached hydrogens (tertiary/aromatic N) is 3. The van der Waals surface area contributed by atoms with Gasteiger partial charge in [0.05, 0.1) is 23.9 Å². The summed E-state index contributed by atoms with van der Waals surface area (Å²) in [6, 6.07) is 16.3.